The second-order valence-electron chi connectivity index (χ2n) is 4.68. The van der Waals surface area contributed by atoms with Gasteiger partial charge in [0.1, 0.15) is 6.61 Å². The molecule has 19 heavy (non-hydrogen) atoms. The molecule has 1 saturated carbocycles. The molecule has 1 aliphatic rings. The first-order valence-corrected chi connectivity index (χ1v) is 8.12. The van der Waals surface area contributed by atoms with Crippen molar-refractivity contribution in [3.63, 3.8) is 0 Å². The summed E-state index contributed by atoms with van der Waals surface area (Å²) in [6, 6.07) is 8.66. The fraction of sp³-hybridized carbons (Fsp3) is 0.600. The SMILES string of the molecule is CCOc1ccccc1OCCN(CCBr)C1CC1. The lowest BCUT2D eigenvalue weighted by Crippen LogP contribution is -2.32. The van der Waals surface area contributed by atoms with Crippen LogP contribution < -0.4 is 9.47 Å². The molecule has 1 aromatic carbocycles. The maximum atomic E-state index is 5.86. The van der Waals surface area contributed by atoms with Gasteiger partial charge < -0.3 is 9.47 Å². The second kappa shape index (κ2) is 7.75. The van der Waals surface area contributed by atoms with Crippen LogP contribution >= 0.6 is 15.9 Å². The maximum Gasteiger partial charge on any atom is 0.161 e. The van der Waals surface area contributed by atoms with E-state index >= 15 is 0 Å². The van der Waals surface area contributed by atoms with E-state index in [1.807, 2.05) is 31.2 Å². The first-order valence-electron chi connectivity index (χ1n) is 6.99. The minimum Gasteiger partial charge on any atom is -0.490 e. The van der Waals surface area contributed by atoms with E-state index in [4.69, 9.17) is 9.47 Å². The zero-order valence-corrected chi connectivity index (χ0v) is 13.1. The highest BCUT2D eigenvalue weighted by Crippen LogP contribution is 2.28. The van der Waals surface area contributed by atoms with Crippen LogP contribution in [-0.2, 0) is 0 Å². The highest BCUT2D eigenvalue weighted by molar-refractivity contribution is 9.09. The van der Waals surface area contributed by atoms with Crippen LogP contribution in [0.2, 0.25) is 0 Å². The Morgan fingerprint density at radius 1 is 1.16 bits per heavy atom. The molecule has 0 spiro atoms. The highest BCUT2D eigenvalue weighted by Gasteiger charge is 2.28. The van der Waals surface area contributed by atoms with Crippen LogP contribution in [0.5, 0.6) is 11.5 Å². The van der Waals surface area contributed by atoms with E-state index < -0.39 is 0 Å². The summed E-state index contributed by atoms with van der Waals surface area (Å²) in [5.41, 5.74) is 0. The molecule has 106 valence electrons. The number of halogens is 1. The molecule has 0 bridgehead atoms. The second-order valence-corrected chi connectivity index (χ2v) is 5.48. The van der Waals surface area contributed by atoms with E-state index in [9.17, 15) is 0 Å². The summed E-state index contributed by atoms with van der Waals surface area (Å²) >= 11 is 3.51. The van der Waals surface area contributed by atoms with E-state index in [2.05, 4.69) is 20.8 Å². The summed E-state index contributed by atoms with van der Waals surface area (Å²) in [6.07, 6.45) is 2.67. The van der Waals surface area contributed by atoms with E-state index in [0.717, 1.165) is 36.0 Å². The van der Waals surface area contributed by atoms with Crippen molar-refractivity contribution in [2.75, 3.05) is 31.6 Å². The van der Waals surface area contributed by atoms with Crippen LogP contribution in [0, 0.1) is 0 Å². The Morgan fingerprint density at radius 2 is 1.84 bits per heavy atom. The average Bonchev–Trinajstić information content (AvgIpc) is 3.24. The molecule has 1 aliphatic carbocycles. The van der Waals surface area contributed by atoms with Crippen LogP contribution in [0.4, 0.5) is 0 Å². The quantitative estimate of drug-likeness (QED) is 0.649. The molecule has 1 fully saturated rings. The zero-order valence-electron chi connectivity index (χ0n) is 11.5. The smallest absolute Gasteiger partial charge is 0.161 e. The van der Waals surface area contributed by atoms with Crippen LogP contribution in [0.1, 0.15) is 19.8 Å². The molecule has 0 radical (unpaired) electrons. The number of rotatable bonds is 9. The number of alkyl halides is 1. The molecule has 0 heterocycles. The van der Waals surface area contributed by atoms with Crippen molar-refractivity contribution >= 4 is 15.9 Å². The van der Waals surface area contributed by atoms with Gasteiger partial charge in [0.15, 0.2) is 11.5 Å². The van der Waals surface area contributed by atoms with Gasteiger partial charge in [-0.2, -0.15) is 0 Å². The van der Waals surface area contributed by atoms with Crippen LogP contribution in [-0.4, -0.2) is 42.6 Å². The lowest BCUT2D eigenvalue weighted by molar-refractivity contribution is 0.203. The predicted molar refractivity (Wildman–Crippen MR) is 81.5 cm³/mol. The summed E-state index contributed by atoms with van der Waals surface area (Å²) < 4.78 is 11.4. The lowest BCUT2D eigenvalue weighted by Gasteiger charge is -2.21. The third kappa shape index (κ3) is 4.69. The van der Waals surface area contributed by atoms with Gasteiger partial charge in [0.05, 0.1) is 6.61 Å². The molecular formula is C15H22BrNO2. The van der Waals surface area contributed by atoms with E-state index in [0.29, 0.717) is 13.2 Å². The summed E-state index contributed by atoms with van der Waals surface area (Å²) in [5.74, 6) is 1.68. The van der Waals surface area contributed by atoms with Crippen LogP contribution in [0.25, 0.3) is 0 Å². The predicted octanol–water partition coefficient (Wildman–Crippen LogP) is 3.32. The zero-order chi connectivity index (χ0) is 13.5. The van der Waals surface area contributed by atoms with Gasteiger partial charge in [-0.15, -0.1) is 0 Å². The van der Waals surface area contributed by atoms with Gasteiger partial charge in [-0.25, -0.2) is 0 Å². The van der Waals surface area contributed by atoms with Crippen molar-refractivity contribution in [3.8, 4) is 11.5 Å². The van der Waals surface area contributed by atoms with Crippen molar-refractivity contribution in [2.45, 2.75) is 25.8 Å². The number of ether oxygens (including phenoxy) is 2. The van der Waals surface area contributed by atoms with Crippen molar-refractivity contribution in [3.05, 3.63) is 24.3 Å². The van der Waals surface area contributed by atoms with Crippen molar-refractivity contribution in [2.24, 2.45) is 0 Å². The molecule has 3 nitrogen and oxygen atoms in total. The topological polar surface area (TPSA) is 21.7 Å². The number of benzene rings is 1. The van der Waals surface area contributed by atoms with Crippen molar-refractivity contribution in [1.29, 1.82) is 0 Å². The molecule has 0 atom stereocenters. The molecule has 0 aliphatic heterocycles. The standard InChI is InChI=1S/C15H22BrNO2/c1-2-18-14-5-3-4-6-15(14)19-12-11-17(10-9-16)13-7-8-13/h3-6,13H,2,7-12H2,1H3. The molecule has 4 heteroatoms. The fourth-order valence-corrected chi connectivity index (χ4v) is 2.60. The molecule has 1 aromatic rings. The Morgan fingerprint density at radius 3 is 2.42 bits per heavy atom. The number of para-hydroxylation sites is 2. The first-order chi connectivity index (χ1) is 9.35. The average molecular weight is 328 g/mol. The van der Waals surface area contributed by atoms with Gasteiger partial charge in [-0.1, -0.05) is 28.1 Å². The highest BCUT2D eigenvalue weighted by atomic mass is 79.9. The Bertz CT molecular complexity index is 382. The third-order valence-electron chi connectivity index (χ3n) is 3.22. The Balaban J connectivity index is 1.81. The molecule has 0 aromatic heterocycles. The monoisotopic (exact) mass is 327 g/mol. The molecule has 0 saturated heterocycles. The summed E-state index contributed by atoms with van der Waals surface area (Å²) in [5, 5.41) is 1.03. The molecule has 0 N–H and O–H groups in total. The fourth-order valence-electron chi connectivity index (χ4n) is 2.14. The van der Waals surface area contributed by atoms with Gasteiger partial charge in [-0.05, 0) is 31.9 Å². The minimum absolute atomic E-state index is 0.665. The van der Waals surface area contributed by atoms with Gasteiger partial charge in [0.2, 0.25) is 0 Å². The third-order valence-corrected chi connectivity index (χ3v) is 3.57. The van der Waals surface area contributed by atoms with Crippen molar-refractivity contribution in [1.82, 2.24) is 4.90 Å². The minimum atomic E-state index is 0.665. The number of hydrogen-bond donors (Lipinski definition) is 0. The Labute approximate surface area is 124 Å². The largest absolute Gasteiger partial charge is 0.490 e. The normalized spacial score (nSPS) is 14.7. The molecule has 2 rings (SSSR count). The lowest BCUT2D eigenvalue weighted by atomic mass is 10.3. The van der Waals surface area contributed by atoms with Gasteiger partial charge in [-0.3, -0.25) is 4.90 Å². The molecule has 0 amide bonds. The van der Waals surface area contributed by atoms with E-state index in [1.54, 1.807) is 0 Å². The number of nitrogens with zero attached hydrogens (tertiary/aromatic N) is 1. The maximum absolute atomic E-state index is 5.86. The Kier molecular flexibility index (Phi) is 5.98. The van der Waals surface area contributed by atoms with E-state index in [-0.39, 0.29) is 0 Å². The summed E-state index contributed by atoms with van der Waals surface area (Å²) in [6.45, 7) is 5.45. The van der Waals surface area contributed by atoms with Gasteiger partial charge in [0, 0.05) is 24.5 Å². The molecular weight excluding hydrogens is 306 g/mol. The van der Waals surface area contributed by atoms with Gasteiger partial charge in [0.25, 0.3) is 0 Å². The Hall–Kier alpha value is -0.740. The van der Waals surface area contributed by atoms with Crippen molar-refractivity contribution < 1.29 is 9.47 Å². The van der Waals surface area contributed by atoms with E-state index in [1.165, 1.54) is 12.8 Å². The van der Waals surface area contributed by atoms with Crippen LogP contribution in [0.15, 0.2) is 24.3 Å². The first kappa shape index (κ1) is 14.7. The number of hydrogen-bond acceptors (Lipinski definition) is 3. The van der Waals surface area contributed by atoms with Crippen LogP contribution in [0.3, 0.4) is 0 Å². The van der Waals surface area contributed by atoms with Gasteiger partial charge >= 0.3 is 0 Å². The molecule has 0 unspecified atom stereocenters. The summed E-state index contributed by atoms with van der Waals surface area (Å²) in [7, 11) is 0. The summed E-state index contributed by atoms with van der Waals surface area (Å²) in [4.78, 5) is 2.50.